The van der Waals surface area contributed by atoms with Crippen LogP contribution in [0.4, 0.5) is 30.9 Å². The lowest BCUT2D eigenvalue weighted by atomic mass is 10.0. The van der Waals surface area contributed by atoms with Crippen LogP contribution in [0.1, 0.15) is 31.7 Å². The van der Waals surface area contributed by atoms with E-state index >= 15 is 0 Å². The van der Waals surface area contributed by atoms with E-state index in [1.54, 1.807) is 0 Å². The largest absolute Gasteiger partial charge is 0.465 e. The molecule has 0 aromatic carbocycles. The Kier molecular flexibility index (Phi) is 6.07. The van der Waals surface area contributed by atoms with Gasteiger partial charge < -0.3 is 21.1 Å². The van der Waals surface area contributed by atoms with E-state index in [9.17, 15) is 18.8 Å². The van der Waals surface area contributed by atoms with Crippen LogP contribution in [-0.2, 0) is 0 Å². The molecule has 0 aliphatic heterocycles. The highest BCUT2D eigenvalue weighted by Crippen LogP contribution is 2.37. The molecule has 1 fully saturated rings. The number of hydrogen-bond donors (Lipinski definition) is 4. The fourth-order valence-electron chi connectivity index (χ4n) is 3.15. The van der Waals surface area contributed by atoms with Crippen LogP contribution >= 0.6 is 0 Å². The third kappa shape index (κ3) is 5.07. The minimum absolute atomic E-state index is 0.0394. The van der Waals surface area contributed by atoms with Crippen molar-refractivity contribution in [3.8, 4) is 6.07 Å². The van der Waals surface area contributed by atoms with Crippen molar-refractivity contribution in [1.29, 1.82) is 5.26 Å². The van der Waals surface area contributed by atoms with Crippen LogP contribution in [0.15, 0.2) is 24.5 Å². The van der Waals surface area contributed by atoms with Crippen LogP contribution in [-0.4, -0.2) is 33.3 Å². The van der Waals surface area contributed by atoms with Gasteiger partial charge in [-0.25, -0.2) is 18.6 Å². The van der Waals surface area contributed by atoms with Gasteiger partial charge in [-0.2, -0.15) is 5.26 Å². The number of nitrogens with zero attached hydrogens (tertiary/aromatic N) is 3. The topological polar surface area (TPSA) is 123 Å². The van der Waals surface area contributed by atoms with E-state index in [2.05, 4.69) is 25.9 Å². The molecular formula is C19H20F2N6O2. The Morgan fingerprint density at radius 3 is 2.69 bits per heavy atom. The van der Waals surface area contributed by atoms with Gasteiger partial charge in [-0.1, -0.05) is 6.92 Å². The Hall–Kier alpha value is -3.48. The third-order valence-corrected chi connectivity index (χ3v) is 4.68. The van der Waals surface area contributed by atoms with Gasteiger partial charge in [0, 0.05) is 6.07 Å². The van der Waals surface area contributed by atoms with Gasteiger partial charge in [0.15, 0.2) is 17.5 Å². The number of nitrogens with one attached hydrogen (secondary N) is 3. The first-order valence-corrected chi connectivity index (χ1v) is 9.15. The van der Waals surface area contributed by atoms with Crippen molar-refractivity contribution >= 4 is 23.4 Å². The van der Waals surface area contributed by atoms with Crippen molar-refractivity contribution in [2.24, 2.45) is 5.92 Å². The fourth-order valence-corrected chi connectivity index (χ4v) is 3.15. The maximum absolute atomic E-state index is 14.6. The van der Waals surface area contributed by atoms with Crippen molar-refractivity contribution in [2.75, 3.05) is 10.6 Å². The zero-order valence-corrected chi connectivity index (χ0v) is 15.6. The van der Waals surface area contributed by atoms with Crippen LogP contribution in [0.5, 0.6) is 0 Å². The van der Waals surface area contributed by atoms with Crippen LogP contribution in [0.25, 0.3) is 0 Å². The molecule has 1 saturated carbocycles. The minimum Gasteiger partial charge on any atom is -0.465 e. The van der Waals surface area contributed by atoms with Gasteiger partial charge in [-0.15, -0.1) is 0 Å². The number of amides is 1. The summed E-state index contributed by atoms with van der Waals surface area (Å²) in [5.74, 6) is -1.20. The summed E-state index contributed by atoms with van der Waals surface area (Å²) in [6, 6.07) is 3.27. The number of pyridine rings is 2. The number of carbonyl (C=O) groups is 1. The highest BCUT2D eigenvalue weighted by Gasteiger charge is 2.37. The molecule has 2 aromatic heterocycles. The number of hydrogen-bond acceptors (Lipinski definition) is 6. The van der Waals surface area contributed by atoms with Gasteiger partial charge in [-0.3, -0.25) is 4.98 Å². The summed E-state index contributed by atoms with van der Waals surface area (Å²) in [4.78, 5) is 19.0. The number of nitriles is 1. The quantitative estimate of drug-likeness (QED) is 0.532. The average molecular weight is 402 g/mol. The normalized spacial score (nSPS) is 15.1. The van der Waals surface area contributed by atoms with Gasteiger partial charge in [0.25, 0.3) is 0 Å². The Bertz CT molecular complexity index is 945. The van der Waals surface area contributed by atoms with E-state index in [-0.39, 0.29) is 34.8 Å². The molecule has 0 saturated heterocycles. The summed E-state index contributed by atoms with van der Waals surface area (Å²) in [6.45, 7) is 1.84. The molecule has 2 heterocycles. The summed E-state index contributed by atoms with van der Waals surface area (Å²) in [7, 11) is 0. The SMILES string of the molecule is CC[C@H](NC(=O)O)[C@@H](Nc1nc(Nc2cncc(F)c2)c(C#N)cc1F)C1CC1. The highest BCUT2D eigenvalue weighted by atomic mass is 19.1. The molecule has 0 unspecified atom stereocenters. The van der Waals surface area contributed by atoms with Gasteiger partial charge in [0.2, 0.25) is 0 Å². The van der Waals surface area contributed by atoms with E-state index in [0.29, 0.717) is 6.42 Å². The van der Waals surface area contributed by atoms with Gasteiger partial charge in [0.05, 0.1) is 35.7 Å². The van der Waals surface area contributed by atoms with E-state index in [0.717, 1.165) is 25.1 Å². The summed E-state index contributed by atoms with van der Waals surface area (Å²) in [6.07, 6.45) is 3.53. The summed E-state index contributed by atoms with van der Waals surface area (Å²) in [5, 5.41) is 26.6. The molecule has 4 N–H and O–H groups in total. The predicted octanol–water partition coefficient (Wildman–Crippen LogP) is 3.61. The summed E-state index contributed by atoms with van der Waals surface area (Å²) in [5.41, 5.74) is 0.195. The molecule has 0 bridgehead atoms. The molecule has 2 aromatic rings. The van der Waals surface area contributed by atoms with Gasteiger partial charge >= 0.3 is 6.09 Å². The van der Waals surface area contributed by atoms with Gasteiger partial charge in [0.1, 0.15) is 11.9 Å². The van der Waals surface area contributed by atoms with Crippen LogP contribution in [0.2, 0.25) is 0 Å². The molecule has 1 aliphatic rings. The lowest BCUT2D eigenvalue weighted by Gasteiger charge is -2.28. The Morgan fingerprint density at radius 1 is 1.34 bits per heavy atom. The molecule has 3 rings (SSSR count). The first-order valence-electron chi connectivity index (χ1n) is 9.15. The average Bonchev–Trinajstić information content (AvgIpc) is 3.51. The van der Waals surface area contributed by atoms with Crippen molar-refractivity contribution < 1.29 is 18.7 Å². The monoisotopic (exact) mass is 402 g/mol. The number of halogens is 2. The molecule has 1 aliphatic carbocycles. The molecule has 29 heavy (non-hydrogen) atoms. The lowest BCUT2D eigenvalue weighted by molar-refractivity contribution is 0.187. The Morgan fingerprint density at radius 2 is 2.10 bits per heavy atom. The molecule has 0 radical (unpaired) electrons. The van der Waals surface area contributed by atoms with Crippen LogP contribution < -0.4 is 16.0 Å². The van der Waals surface area contributed by atoms with Gasteiger partial charge in [-0.05, 0) is 31.2 Å². The molecular weight excluding hydrogens is 382 g/mol. The molecule has 10 heteroatoms. The van der Waals surface area contributed by atoms with E-state index in [1.807, 2.05) is 13.0 Å². The molecule has 1 amide bonds. The zero-order chi connectivity index (χ0) is 21.0. The smallest absolute Gasteiger partial charge is 0.404 e. The second kappa shape index (κ2) is 8.68. The maximum atomic E-state index is 14.6. The Balaban J connectivity index is 1.90. The predicted molar refractivity (Wildman–Crippen MR) is 102 cm³/mol. The van der Waals surface area contributed by atoms with Crippen LogP contribution in [0, 0.1) is 28.9 Å². The minimum atomic E-state index is -1.15. The van der Waals surface area contributed by atoms with E-state index in [4.69, 9.17) is 5.11 Å². The lowest BCUT2D eigenvalue weighted by Crippen LogP contribution is -2.47. The Labute approximate surface area is 166 Å². The molecule has 8 nitrogen and oxygen atoms in total. The molecule has 0 spiro atoms. The van der Waals surface area contributed by atoms with Crippen molar-refractivity contribution in [3.63, 3.8) is 0 Å². The van der Waals surface area contributed by atoms with Crippen molar-refractivity contribution in [1.82, 2.24) is 15.3 Å². The maximum Gasteiger partial charge on any atom is 0.404 e. The van der Waals surface area contributed by atoms with E-state index in [1.165, 1.54) is 12.3 Å². The number of anilines is 3. The van der Waals surface area contributed by atoms with Crippen molar-refractivity contribution in [3.05, 3.63) is 41.7 Å². The fraction of sp³-hybridized carbons (Fsp3) is 0.368. The zero-order valence-electron chi connectivity index (χ0n) is 15.6. The highest BCUT2D eigenvalue weighted by molar-refractivity contribution is 5.66. The number of aromatic nitrogens is 2. The third-order valence-electron chi connectivity index (χ3n) is 4.68. The van der Waals surface area contributed by atoms with E-state index < -0.39 is 23.8 Å². The first-order chi connectivity index (χ1) is 13.9. The first kappa shape index (κ1) is 20.3. The molecule has 152 valence electrons. The van der Waals surface area contributed by atoms with Crippen molar-refractivity contribution in [2.45, 2.75) is 38.3 Å². The summed E-state index contributed by atoms with van der Waals surface area (Å²) < 4.78 is 28.0. The standard InChI is InChI=1S/C19H20F2N6O2/c1-2-15(25-19(28)29)16(10-3-4-10)26-18-14(21)5-11(7-22)17(27-18)24-13-6-12(20)8-23-9-13/h5-6,8-10,15-16,25H,2-4H2,1H3,(H,28,29)(H2,24,26,27)/t15-,16-/m0/s1. The molecule has 2 atom stereocenters. The number of carboxylic acid groups (broad SMARTS) is 1. The second-order valence-corrected chi connectivity index (χ2v) is 6.82. The van der Waals surface area contributed by atoms with Crippen LogP contribution in [0.3, 0.4) is 0 Å². The second-order valence-electron chi connectivity index (χ2n) is 6.82. The summed E-state index contributed by atoms with van der Waals surface area (Å²) >= 11 is 0. The number of rotatable bonds is 8.